The molecule has 0 saturated carbocycles. The van der Waals surface area contributed by atoms with E-state index in [-0.39, 0.29) is 5.78 Å². The first-order chi connectivity index (χ1) is 9.04. The third kappa shape index (κ3) is 2.92. The Bertz CT molecular complexity index is 638. The summed E-state index contributed by atoms with van der Waals surface area (Å²) in [5.41, 5.74) is 2.25. The van der Waals surface area contributed by atoms with Crippen molar-refractivity contribution in [3.05, 3.63) is 61.7 Å². The number of carbonyl (C=O) groups is 1. The summed E-state index contributed by atoms with van der Waals surface area (Å²) < 4.78 is 6.04. The van der Waals surface area contributed by atoms with Crippen molar-refractivity contribution in [2.75, 3.05) is 7.11 Å². The van der Waals surface area contributed by atoms with Crippen molar-refractivity contribution in [3.8, 4) is 5.75 Å². The molecule has 0 aromatic heterocycles. The molecule has 2 aromatic rings. The third-order valence-corrected chi connectivity index (χ3v) is 4.60. The molecule has 0 atom stereocenters. The summed E-state index contributed by atoms with van der Waals surface area (Å²) in [6.07, 6.45) is 0. The van der Waals surface area contributed by atoms with Crippen LogP contribution < -0.4 is 4.74 Å². The van der Waals surface area contributed by atoms with Crippen molar-refractivity contribution in [2.24, 2.45) is 0 Å². The number of ketones is 1. The van der Waals surface area contributed by atoms with E-state index in [2.05, 4.69) is 22.6 Å². The second-order valence-corrected chi connectivity index (χ2v) is 5.60. The zero-order valence-corrected chi connectivity index (χ0v) is 13.4. The minimum absolute atomic E-state index is 0.0687. The standard InChI is InChI=1S/C15H12ClIO2/c1-9-4-3-5-12(14(9)17)15(18)11-7-6-10(19-2)8-13(11)16/h3-8H,1-2H3. The Morgan fingerprint density at radius 2 is 1.95 bits per heavy atom. The SMILES string of the molecule is COc1ccc(C(=O)c2cccc(C)c2I)c(Cl)c1. The number of rotatable bonds is 3. The molecule has 19 heavy (non-hydrogen) atoms. The van der Waals surface area contributed by atoms with Gasteiger partial charge in [0.05, 0.1) is 12.1 Å². The number of hydrogen-bond acceptors (Lipinski definition) is 2. The number of carbonyl (C=O) groups excluding carboxylic acids is 1. The van der Waals surface area contributed by atoms with Gasteiger partial charge in [0.15, 0.2) is 5.78 Å². The molecule has 0 bridgehead atoms. The fourth-order valence-electron chi connectivity index (χ4n) is 1.77. The maximum atomic E-state index is 12.5. The minimum Gasteiger partial charge on any atom is -0.497 e. The van der Waals surface area contributed by atoms with Gasteiger partial charge in [-0.05, 0) is 59.3 Å². The first-order valence-electron chi connectivity index (χ1n) is 5.68. The molecule has 0 saturated heterocycles. The summed E-state index contributed by atoms with van der Waals surface area (Å²) in [4.78, 5) is 12.5. The molecular formula is C15H12ClIO2. The topological polar surface area (TPSA) is 26.3 Å². The van der Waals surface area contributed by atoms with E-state index in [1.165, 1.54) is 0 Å². The van der Waals surface area contributed by atoms with E-state index in [4.69, 9.17) is 16.3 Å². The predicted molar refractivity (Wildman–Crippen MR) is 85.3 cm³/mol. The van der Waals surface area contributed by atoms with E-state index >= 15 is 0 Å². The summed E-state index contributed by atoms with van der Waals surface area (Å²) in [5.74, 6) is 0.571. The quantitative estimate of drug-likeness (QED) is 0.574. The molecule has 0 spiro atoms. The highest BCUT2D eigenvalue weighted by atomic mass is 127. The highest BCUT2D eigenvalue weighted by Crippen LogP contribution is 2.27. The fraction of sp³-hybridized carbons (Fsp3) is 0.133. The van der Waals surface area contributed by atoms with Gasteiger partial charge >= 0.3 is 0 Å². The van der Waals surface area contributed by atoms with Crippen molar-refractivity contribution in [1.29, 1.82) is 0 Å². The van der Waals surface area contributed by atoms with Crippen molar-refractivity contribution in [2.45, 2.75) is 6.92 Å². The summed E-state index contributed by atoms with van der Waals surface area (Å²) in [6.45, 7) is 1.98. The first kappa shape index (κ1) is 14.3. The first-order valence-corrected chi connectivity index (χ1v) is 7.13. The highest BCUT2D eigenvalue weighted by molar-refractivity contribution is 14.1. The van der Waals surface area contributed by atoms with Crippen LogP contribution in [-0.2, 0) is 0 Å². The van der Waals surface area contributed by atoms with Gasteiger partial charge in [0.1, 0.15) is 5.75 Å². The molecule has 0 aliphatic rings. The van der Waals surface area contributed by atoms with Crippen LogP contribution in [0.2, 0.25) is 5.02 Å². The van der Waals surface area contributed by atoms with Gasteiger partial charge in [-0.15, -0.1) is 0 Å². The van der Waals surface area contributed by atoms with Gasteiger partial charge < -0.3 is 4.74 Å². The highest BCUT2D eigenvalue weighted by Gasteiger charge is 2.16. The van der Waals surface area contributed by atoms with Crippen LogP contribution in [0.1, 0.15) is 21.5 Å². The Balaban J connectivity index is 2.47. The van der Waals surface area contributed by atoms with Crippen molar-refractivity contribution in [3.63, 3.8) is 0 Å². The van der Waals surface area contributed by atoms with Crippen LogP contribution in [0.5, 0.6) is 5.75 Å². The van der Waals surface area contributed by atoms with Crippen molar-refractivity contribution < 1.29 is 9.53 Å². The third-order valence-electron chi connectivity index (χ3n) is 2.86. The molecule has 0 unspecified atom stereocenters. The van der Waals surface area contributed by atoms with Gasteiger partial charge in [-0.2, -0.15) is 0 Å². The number of methoxy groups -OCH3 is 1. The zero-order chi connectivity index (χ0) is 14.0. The lowest BCUT2D eigenvalue weighted by molar-refractivity contribution is 0.103. The summed E-state index contributed by atoms with van der Waals surface area (Å²) >= 11 is 8.33. The van der Waals surface area contributed by atoms with E-state index in [1.807, 2.05) is 25.1 Å². The number of halogens is 2. The molecule has 0 heterocycles. The second-order valence-electron chi connectivity index (χ2n) is 4.11. The lowest BCUT2D eigenvalue weighted by Crippen LogP contribution is -2.05. The van der Waals surface area contributed by atoms with Crippen LogP contribution in [0.15, 0.2) is 36.4 Å². The van der Waals surface area contributed by atoms with E-state index in [1.54, 1.807) is 25.3 Å². The van der Waals surface area contributed by atoms with E-state index in [9.17, 15) is 4.79 Å². The molecule has 0 radical (unpaired) electrons. The smallest absolute Gasteiger partial charge is 0.195 e. The molecule has 0 N–H and O–H groups in total. The van der Waals surface area contributed by atoms with Gasteiger partial charge in [-0.3, -0.25) is 4.79 Å². The predicted octanol–water partition coefficient (Wildman–Crippen LogP) is 4.49. The molecule has 0 aliphatic heterocycles. The molecule has 0 fully saturated rings. The van der Waals surface area contributed by atoms with E-state index < -0.39 is 0 Å². The summed E-state index contributed by atoms with van der Waals surface area (Å²) in [7, 11) is 1.57. The molecule has 98 valence electrons. The monoisotopic (exact) mass is 386 g/mol. The maximum absolute atomic E-state index is 12.5. The Morgan fingerprint density at radius 1 is 1.21 bits per heavy atom. The van der Waals surface area contributed by atoms with Gasteiger partial charge in [0, 0.05) is 14.7 Å². The van der Waals surface area contributed by atoms with Gasteiger partial charge in [0.25, 0.3) is 0 Å². The Labute approximate surface area is 130 Å². The molecule has 0 aliphatic carbocycles. The van der Waals surface area contributed by atoms with Crippen LogP contribution in [0.4, 0.5) is 0 Å². The van der Waals surface area contributed by atoms with Crippen molar-refractivity contribution in [1.82, 2.24) is 0 Å². The second kappa shape index (κ2) is 5.92. The van der Waals surface area contributed by atoms with Crippen LogP contribution in [0.3, 0.4) is 0 Å². The zero-order valence-electron chi connectivity index (χ0n) is 10.5. The number of ether oxygens (including phenoxy) is 1. The molecule has 2 nitrogen and oxygen atoms in total. The van der Waals surface area contributed by atoms with Crippen LogP contribution in [0, 0.1) is 10.5 Å². The summed E-state index contributed by atoms with van der Waals surface area (Å²) in [6, 6.07) is 10.8. The van der Waals surface area contributed by atoms with Crippen LogP contribution in [0.25, 0.3) is 0 Å². The average molecular weight is 387 g/mol. The Kier molecular flexibility index (Phi) is 4.47. The lowest BCUT2D eigenvalue weighted by Gasteiger charge is -2.09. The van der Waals surface area contributed by atoms with Gasteiger partial charge in [-0.1, -0.05) is 23.7 Å². The number of hydrogen-bond donors (Lipinski definition) is 0. The Morgan fingerprint density at radius 3 is 2.58 bits per heavy atom. The fourth-order valence-corrected chi connectivity index (χ4v) is 2.64. The lowest BCUT2D eigenvalue weighted by atomic mass is 10.0. The van der Waals surface area contributed by atoms with Crippen LogP contribution >= 0.6 is 34.2 Å². The summed E-state index contributed by atoms with van der Waals surface area (Å²) in [5, 5.41) is 0.404. The van der Waals surface area contributed by atoms with E-state index in [0.29, 0.717) is 21.9 Å². The number of aryl methyl sites for hydroxylation is 1. The Hall–Kier alpha value is -1.07. The van der Waals surface area contributed by atoms with Crippen molar-refractivity contribution >= 4 is 40.0 Å². The van der Waals surface area contributed by atoms with Gasteiger partial charge in [0.2, 0.25) is 0 Å². The normalized spacial score (nSPS) is 10.3. The molecule has 4 heteroatoms. The molecule has 2 rings (SSSR count). The molecule has 0 amide bonds. The number of benzene rings is 2. The molecular weight excluding hydrogens is 375 g/mol. The minimum atomic E-state index is -0.0687. The van der Waals surface area contributed by atoms with Gasteiger partial charge in [-0.25, -0.2) is 0 Å². The van der Waals surface area contributed by atoms with Crippen LogP contribution in [-0.4, -0.2) is 12.9 Å². The largest absolute Gasteiger partial charge is 0.497 e. The molecule has 2 aromatic carbocycles. The van der Waals surface area contributed by atoms with E-state index in [0.717, 1.165) is 9.13 Å². The average Bonchev–Trinajstić information content (AvgIpc) is 2.41. The maximum Gasteiger partial charge on any atom is 0.195 e.